The first-order valence-corrected chi connectivity index (χ1v) is 6.83. The summed E-state index contributed by atoms with van der Waals surface area (Å²) in [5.74, 6) is 1.75. The molecule has 100 valence electrons. The molecule has 1 saturated heterocycles. The number of likely N-dealkylation sites (tertiary alicyclic amines) is 1. The zero-order valence-electron chi connectivity index (χ0n) is 11.4. The van der Waals surface area contributed by atoms with Crippen molar-refractivity contribution in [2.24, 2.45) is 5.92 Å². The quantitative estimate of drug-likeness (QED) is 0.772. The van der Waals surface area contributed by atoms with Crippen LogP contribution in [0.4, 0.5) is 0 Å². The Labute approximate surface area is 109 Å². The summed E-state index contributed by atoms with van der Waals surface area (Å²) in [4.78, 5) is 11.3. The predicted octanol–water partition coefficient (Wildman–Crippen LogP) is 1.90. The fourth-order valence-corrected chi connectivity index (χ4v) is 2.43. The van der Waals surface area contributed by atoms with Gasteiger partial charge in [-0.1, -0.05) is 13.3 Å². The molecule has 0 aliphatic carbocycles. The minimum atomic E-state index is 0.684. The third-order valence-corrected chi connectivity index (χ3v) is 3.64. The summed E-state index contributed by atoms with van der Waals surface area (Å²) < 4.78 is 5.02. The van der Waals surface area contributed by atoms with Crippen molar-refractivity contribution in [1.29, 1.82) is 0 Å². The second-order valence-electron chi connectivity index (χ2n) is 5.05. The molecule has 1 aromatic rings. The van der Waals surface area contributed by atoms with Gasteiger partial charge in [-0.05, 0) is 18.9 Å². The van der Waals surface area contributed by atoms with E-state index in [9.17, 15) is 0 Å². The second-order valence-corrected chi connectivity index (χ2v) is 5.05. The van der Waals surface area contributed by atoms with Gasteiger partial charge in [0.15, 0.2) is 0 Å². The van der Waals surface area contributed by atoms with Gasteiger partial charge < -0.3 is 4.74 Å². The first-order valence-electron chi connectivity index (χ1n) is 6.83. The molecule has 0 N–H and O–H groups in total. The normalized spacial score (nSPS) is 20.4. The highest BCUT2D eigenvalue weighted by Crippen LogP contribution is 2.20. The lowest BCUT2D eigenvalue weighted by Crippen LogP contribution is -2.20. The lowest BCUT2D eigenvalue weighted by molar-refractivity contribution is 0.200. The summed E-state index contributed by atoms with van der Waals surface area (Å²) in [6, 6.07) is 0. The number of hydrogen-bond donors (Lipinski definition) is 0. The van der Waals surface area contributed by atoms with Crippen molar-refractivity contribution in [3.63, 3.8) is 0 Å². The van der Waals surface area contributed by atoms with Crippen LogP contribution in [0.15, 0.2) is 12.4 Å². The van der Waals surface area contributed by atoms with Crippen molar-refractivity contribution in [2.75, 3.05) is 26.8 Å². The zero-order chi connectivity index (χ0) is 12.8. The fourth-order valence-electron chi connectivity index (χ4n) is 2.43. The molecule has 4 heteroatoms. The third-order valence-electron chi connectivity index (χ3n) is 3.64. The Balaban J connectivity index is 1.83. The Morgan fingerprint density at radius 2 is 2.17 bits per heavy atom. The first kappa shape index (κ1) is 13.4. The Morgan fingerprint density at radius 3 is 2.78 bits per heavy atom. The molecule has 0 radical (unpaired) electrons. The number of methoxy groups -OCH3 is 1. The van der Waals surface area contributed by atoms with Gasteiger partial charge >= 0.3 is 0 Å². The van der Waals surface area contributed by atoms with Crippen molar-refractivity contribution in [2.45, 2.75) is 32.7 Å². The smallest absolute Gasteiger partial charge is 0.130 e. The largest absolute Gasteiger partial charge is 0.384 e. The van der Waals surface area contributed by atoms with Crippen molar-refractivity contribution >= 4 is 0 Å². The molecule has 0 bridgehead atoms. The molecule has 1 atom stereocenters. The van der Waals surface area contributed by atoms with Gasteiger partial charge in [0.25, 0.3) is 0 Å². The highest BCUT2D eigenvalue weighted by molar-refractivity contribution is 5.05. The molecule has 1 aromatic heterocycles. The maximum atomic E-state index is 5.02. The lowest BCUT2D eigenvalue weighted by atomic mass is 10.1. The van der Waals surface area contributed by atoms with Crippen LogP contribution in [0.1, 0.15) is 31.2 Å². The SMILES string of the molecule is CCC1CCN(Cc2cnc(CCOC)nc2)C1. The van der Waals surface area contributed by atoms with E-state index in [0.29, 0.717) is 6.61 Å². The minimum Gasteiger partial charge on any atom is -0.384 e. The molecule has 1 unspecified atom stereocenters. The third kappa shape index (κ3) is 3.75. The highest BCUT2D eigenvalue weighted by atomic mass is 16.5. The van der Waals surface area contributed by atoms with Crippen LogP contribution >= 0.6 is 0 Å². The molecule has 0 saturated carbocycles. The first-order chi connectivity index (χ1) is 8.81. The molecule has 4 nitrogen and oxygen atoms in total. The number of aromatic nitrogens is 2. The van der Waals surface area contributed by atoms with Crippen LogP contribution in [0.5, 0.6) is 0 Å². The van der Waals surface area contributed by atoms with Gasteiger partial charge in [0.05, 0.1) is 6.61 Å². The van der Waals surface area contributed by atoms with E-state index >= 15 is 0 Å². The summed E-state index contributed by atoms with van der Waals surface area (Å²) in [5.41, 5.74) is 1.22. The van der Waals surface area contributed by atoms with E-state index in [0.717, 1.165) is 24.7 Å². The van der Waals surface area contributed by atoms with Crippen molar-refractivity contribution < 1.29 is 4.74 Å². The summed E-state index contributed by atoms with van der Waals surface area (Å²) in [7, 11) is 1.70. The van der Waals surface area contributed by atoms with Gasteiger partial charge in [-0.2, -0.15) is 0 Å². The summed E-state index contributed by atoms with van der Waals surface area (Å²) >= 11 is 0. The molecule has 18 heavy (non-hydrogen) atoms. The fraction of sp³-hybridized carbons (Fsp3) is 0.714. The highest BCUT2D eigenvalue weighted by Gasteiger charge is 2.20. The molecule has 1 fully saturated rings. The van der Waals surface area contributed by atoms with Crippen LogP contribution in [0, 0.1) is 5.92 Å². The maximum Gasteiger partial charge on any atom is 0.130 e. The van der Waals surface area contributed by atoms with Crippen LogP contribution in [-0.2, 0) is 17.7 Å². The number of hydrogen-bond acceptors (Lipinski definition) is 4. The van der Waals surface area contributed by atoms with Gasteiger partial charge in [0, 0.05) is 44.6 Å². The minimum absolute atomic E-state index is 0.684. The van der Waals surface area contributed by atoms with Crippen LogP contribution in [0.2, 0.25) is 0 Å². The average molecular weight is 249 g/mol. The number of ether oxygens (including phenoxy) is 1. The Hall–Kier alpha value is -1.00. The molecule has 1 aliphatic rings. The van der Waals surface area contributed by atoms with E-state index in [2.05, 4.69) is 21.8 Å². The molecule has 2 rings (SSSR count). The van der Waals surface area contributed by atoms with Crippen LogP contribution in [0.3, 0.4) is 0 Å². The van der Waals surface area contributed by atoms with Gasteiger partial charge in [-0.25, -0.2) is 9.97 Å². The summed E-state index contributed by atoms with van der Waals surface area (Å²) in [6.45, 7) is 6.39. The number of rotatable bonds is 6. The monoisotopic (exact) mass is 249 g/mol. The van der Waals surface area contributed by atoms with Gasteiger partial charge in [-0.15, -0.1) is 0 Å². The van der Waals surface area contributed by atoms with Crippen LogP contribution in [0.25, 0.3) is 0 Å². The molecular weight excluding hydrogens is 226 g/mol. The summed E-state index contributed by atoms with van der Waals surface area (Å²) in [5, 5.41) is 0. The van der Waals surface area contributed by atoms with Crippen LogP contribution < -0.4 is 0 Å². The van der Waals surface area contributed by atoms with E-state index < -0.39 is 0 Å². The molecule has 1 aliphatic heterocycles. The second kappa shape index (κ2) is 6.81. The van der Waals surface area contributed by atoms with Gasteiger partial charge in [0.1, 0.15) is 5.82 Å². The predicted molar refractivity (Wildman–Crippen MR) is 71.3 cm³/mol. The van der Waals surface area contributed by atoms with E-state index in [1.54, 1.807) is 7.11 Å². The zero-order valence-corrected chi connectivity index (χ0v) is 11.4. The molecule has 2 heterocycles. The maximum absolute atomic E-state index is 5.02. The Morgan fingerprint density at radius 1 is 1.39 bits per heavy atom. The van der Waals surface area contributed by atoms with Gasteiger partial charge in [-0.3, -0.25) is 4.90 Å². The van der Waals surface area contributed by atoms with E-state index in [1.807, 2.05) is 12.4 Å². The van der Waals surface area contributed by atoms with Crippen LogP contribution in [-0.4, -0.2) is 41.7 Å². The topological polar surface area (TPSA) is 38.2 Å². The van der Waals surface area contributed by atoms with Crippen molar-refractivity contribution in [3.05, 3.63) is 23.8 Å². The Kier molecular flexibility index (Phi) is 5.08. The molecular formula is C14H23N3O. The molecule has 0 aromatic carbocycles. The van der Waals surface area contributed by atoms with E-state index in [4.69, 9.17) is 4.74 Å². The van der Waals surface area contributed by atoms with Crippen molar-refractivity contribution in [3.8, 4) is 0 Å². The average Bonchev–Trinajstić information content (AvgIpc) is 2.86. The molecule has 0 amide bonds. The standard InChI is InChI=1S/C14H23N3O/c1-3-12-4-6-17(10-12)11-13-8-15-14(16-9-13)5-7-18-2/h8-9,12H,3-7,10-11H2,1-2H3. The van der Waals surface area contributed by atoms with Gasteiger partial charge in [0.2, 0.25) is 0 Å². The lowest BCUT2D eigenvalue weighted by Gasteiger charge is -2.15. The molecule has 0 spiro atoms. The Bertz CT molecular complexity index is 353. The summed E-state index contributed by atoms with van der Waals surface area (Å²) in [6.07, 6.45) is 7.33. The number of nitrogens with zero attached hydrogens (tertiary/aromatic N) is 3. The van der Waals surface area contributed by atoms with E-state index in [1.165, 1.54) is 31.5 Å². The van der Waals surface area contributed by atoms with E-state index in [-0.39, 0.29) is 0 Å². The van der Waals surface area contributed by atoms with Crippen molar-refractivity contribution in [1.82, 2.24) is 14.9 Å².